The van der Waals surface area contributed by atoms with Crippen molar-refractivity contribution in [2.75, 3.05) is 0 Å². The molecule has 0 N–H and O–H groups in total. The fraction of sp³-hybridized carbons (Fsp3) is 0.125. The Hall–Kier alpha value is 1.06. The van der Waals surface area contributed by atoms with Gasteiger partial charge >= 0.3 is 75.1 Å². The van der Waals surface area contributed by atoms with Gasteiger partial charge in [0.15, 0.2) is 0 Å². The maximum absolute atomic E-state index is 11.8. The topological polar surface area (TPSA) is 0 Å². The fourth-order valence-electron chi connectivity index (χ4n) is 0.570. The van der Waals surface area contributed by atoms with E-state index in [-0.39, 0.29) is 76.3 Å². The number of benzene rings is 1. The molecule has 0 spiro atoms. The molecule has 0 saturated heterocycles. The molecule has 0 radical (unpaired) electrons. The molecule has 0 unspecified atom stereocenters. The number of hydrogen-bond acceptors (Lipinski definition) is 0. The van der Waals surface area contributed by atoms with Gasteiger partial charge in [-0.15, -0.1) is 0 Å². The Labute approximate surface area is 129 Å². The van der Waals surface area contributed by atoms with Crippen LogP contribution in [0, 0.1) is 13.5 Å². The van der Waals surface area contributed by atoms with Crippen LogP contribution >= 0.6 is 0 Å². The van der Waals surface area contributed by atoms with Crippen LogP contribution < -0.4 is 68.9 Å². The Morgan fingerprint density at radius 2 is 1.83 bits per heavy atom. The third kappa shape index (κ3) is 4.94. The van der Waals surface area contributed by atoms with E-state index in [0.29, 0.717) is 0 Å². The first-order valence-electron chi connectivity index (χ1n) is 2.64. The molecule has 0 aliphatic rings. The first-order chi connectivity index (χ1) is 4.61. The maximum Gasteiger partial charge on any atom is 1.00 e. The Balaban J connectivity index is 0. The summed E-state index contributed by atoms with van der Waals surface area (Å²) in [6, 6.07) is 7.01. The number of halogens is 3. The van der Waals surface area contributed by atoms with Gasteiger partial charge in [0.25, 0.3) is 0 Å². The van der Waals surface area contributed by atoms with Crippen LogP contribution in [0.15, 0.2) is 24.3 Å². The molecular weight excluding hydrogens is 286 g/mol. The largest absolute Gasteiger partial charge is 1.00 e. The predicted molar refractivity (Wildman–Crippen MR) is 36.7 cm³/mol. The van der Waals surface area contributed by atoms with E-state index in [1.807, 2.05) is 0 Å². The van der Waals surface area contributed by atoms with Crippen molar-refractivity contribution in [1.82, 2.24) is 0 Å². The Morgan fingerprint density at radius 3 is 2.08 bits per heavy atom. The molecule has 12 heavy (non-hydrogen) atoms. The molecule has 1 aromatic carbocycles. The molecule has 0 saturated carbocycles. The van der Waals surface area contributed by atoms with E-state index in [4.69, 9.17) is 0 Å². The standard InChI is InChI=1S/C7H4F3.CH3.Cs/c8-7(9,10)6-4-2-1-3-5-6;;/h1-2,4-5H;1H3;/q2*-1;+1. The van der Waals surface area contributed by atoms with Gasteiger partial charge in [-0.3, -0.25) is 0 Å². The Kier molecular flexibility index (Phi) is 8.42. The molecule has 0 nitrogen and oxygen atoms in total. The summed E-state index contributed by atoms with van der Waals surface area (Å²) in [5, 5.41) is 0. The van der Waals surface area contributed by atoms with Crippen molar-refractivity contribution in [2.24, 2.45) is 0 Å². The fourth-order valence-corrected chi connectivity index (χ4v) is 0.570. The van der Waals surface area contributed by atoms with Gasteiger partial charge in [-0.25, -0.2) is 0 Å². The second-order valence-electron chi connectivity index (χ2n) is 1.79. The minimum atomic E-state index is -4.24. The van der Waals surface area contributed by atoms with Crippen molar-refractivity contribution in [3.8, 4) is 0 Å². The van der Waals surface area contributed by atoms with Crippen LogP contribution in [0.1, 0.15) is 5.56 Å². The summed E-state index contributed by atoms with van der Waals surface area (Å²) in [6.07, 6.45) is -4.24. The molecule has 1 rings (SSSR count). The minimum Gasteiger partial charge on any atom is -0.358 e. The average molecular weight is 293 g/mol. The Bertz CT molecular complexity index is 205. The van der Waals surface area contributed by atoms with E-state index in [0.717, 1.165) is 12.1 Å². The van der Waals surface area contributed by atoms with Crippen molar-refractivity contribution in [2.45, 2.75) is 6.18 Å². The van der Waals surface area contributed by atoms with Crippen LogP contribution in [-0.4, -0.2) is 0 Å². The minimum absolute atomic E-state index is 0. The van der Waals surface area contributed by atoms with E-state index >= 15 is 0 Å². The molecule has 4 heteroatoms. The first-order valence-corrected chi connectivity index (χ1v) is 2.64. The van der Waals surface area contributed by atoms with Crippen LogP contribution in [0.25, 0.3) is 0 Å². The van der Waals surface area contributed by atoms with Crippen molar-refractivity contribution in [1.29, 1.82) is 0 Å². The van der Waals surface area contributed by atoms with E-state index in [2.05, 4.69) is 6.07 Å². The van der Waals surface area contributed by atoms with Crippen LogP contribution in [0.3, 0.4) is 0 Å². The van der Waals surface area contributed by atoms with Crippen LogP contribution in [0.4, 0.5) is 13.2 Å². The summed E-state index contributed by atoms with van der Waals surface area (Å²) in [7, 11) is 0. The summed E-state index contributed by atoms with van der Waals surface area (Å²) in [5.41, 5.74) is -0.657. The third-order valence-corrected chi connectivity index (χ3v) is 1.03. The number of rotatable bonds is 0. The van der Waals surface area contributed by atoms with Crippen molar-refractivity contribution >= 4 is 0 Å². The van der Waals surface area contributed by atoms with E-state index in [1.165, 1.54) is 12.1 Å². The average Bonchev–Trinajstić information content (AvgIpc) is 1.88. The van der Waals surface area contributed by atoms with Crippen LogP contribution in [0.2, 0.25) is 0 Å². The molecule has 0 fully saturated rings. The van der Waals surface area contributed by atoms with Crippen LogP contribution in [-0.2, 0) is 6.18 Å². The molecule has 0 aromatic heterocycles. The van der Waals surface area contributed by atoms with Gasteiger partial charge in [0, 0.05) is 0 Å². The molecule has 0 aliphatic heterocycles. The van der Waals surface area contributed by atoms with Crippen molar-refractivity contribution in [3.05, 3.63) is 43.3 Å². The molecule has 0 aliphatic carbocycles. The van der Waals surface area contributed by atoms with Gasteiger partial charge in [0.1, 0.15) is 0 Å². The quantitative estimate of drug-likeness (QED) is 0.589. The summed E-state index contributed by atoms with van der Waals surface area (Å²) in [5.74, 6) is 0. The molecule has 0 amide bonds. The second kappa shape index (κ2) is 6.51. The zero-order valence-corrected chi connectivity index (χ0v) is 13.2. The summed E-state index contributed by atoms with van der Waals surface area (Å²) >= 11 is 0. The maximum atomic E-state index is 11.8. The second-order valence-corrected chi connectivity index (χ2v) is 1.79. The van der Waals surface area contributed by atoms with Gasteiger partial charge in [-0.1, -0.05) is 5.56 Å². The first kappa shape index (κ1) is 15.5. The summed E-state index contributed by atoms with van der Waals surface area (Å²) in [4.78, 5) is 0. The molecule has 0 heterocycles. The van der Waals surface area contributed by atoms with Gasteiger partial charge in [-0.05, 0) is 0 Å². The Morgan fingerprint density at radius 1 is 1.25 bits per heavy atom. The monoisotopic (exact) mass is 293 g/mol. The van der Waals surface area contributed by atoms with Crippen LogP contribution in [0.5, 0.6) is 0 Å². The van der Waals surface area contributed by atoms with Crippen molar-refractivity contribution < 1.29 is 82.1 Å². The normalized spacial score (nSPS) is 9.58. The molecular formula is C8H7CsF3-. The molecule has 0 atom stereocenters. The van der Waals surface area contributed by atoms with Gasteiger partial charge in [-0.2, -0.15) is 43.5 Å². The molecule has 0 bridgehead atoms. The van der Waals surface area contributed by atoms with E-state index < -0.39 is 11.7 Å². The zero-order chi connectivity index (χ0) is 7.61. The molecule has 1 aromatic rings. The SMILES string of the molecule is FC(F)(F)c1c[c-]ccc1.[CH3-].[Cs+]. The van der Waals surface area contributed by atoms with E-state index in [9.17, 15) is 13.2 Å². The van der Waals surface area contributed by atoms with E-state index in [1.54, 1.807) is 0 Å². The summed E-state index contributed by atoms with van der Waals surface area (Å²) < 4.78 is 35.3. The number of alkyl halides is 3. The van der Waals surface area contributed by atoms with Gasteiger partial charge < -0.3 is 7.43 Å². The third-order valence-electron chi connectivity index (χ3n) is 1.03. The zero-order valence-electron chi connectivity index (χ0n) is 6.94. The van der Waals surface area contributed by atoms with Gasteiger partial charge in [0.05, 0.1) is 0 Å². The predicted octanol–water partition coefficient (Wildman–Crippen LogP) is -0.0401. The number of hydrogen-bond donors (Lipinski definition) is 0. The van der Waals surface area contributed by atoms with Gasteiger partial charge in [0.2, 0.25) is 0 Å². The molecule has 62 valence electrons. The smallest absolute Gasteiger partial charge is 0.358 e. The van der Waals surface area contributed by atoms with Crippen molar-refractivity contribution in [3.63, 3.8) is 0 Å². The summed E-state index contributed by atoms with van der Waals surface area (Å²) in [6.45, 7) is 0.